The van der Waals surface area contributed by atoms with E-state index >= 15 is 0 Å². The molecule has 4 heteroatoms. The second-order valence-electron chi connectivity index (χ2n) is 3.88. The molecule has 0 saturated carbocycles. The predicted molar refractivity (Wildman–Crippen MR) is 62.3 cm³/mol. The smallest absolute Gasteiger partial charge is 0.138 e. The van der Waals surface area contributed by atoms with Gasteiger partial charge in [-0.15, -0.1) is 0 Å². The van der Waals surface area contributed by atoms with Gasteiger partial charge in [-0.05, 0) is 32.4 Å². The highest BCUT2D eigenvalue weighted by Crippen LogP contribution is 2.14. The van der Waals surface area contributed by atoms with Crippen LogP contribution in [-0.4, -0.2) is 10.1 Å². The van der Waals surface area contributed by atoms with Crippen LogP contribution in [0.15, 0.2) is 22.9 Å². The Balaban J connectivity index is 2.05. The van der Waals surface area contributed by atoms with Crippen LogP contribution in [0.25, 0.3) is 0 Å². The Morgan fingerprint density at radius 3 is 2.62 bits per heavy atom. The van der Waals surface area contributed by atoms with Gasteiger partial charge in [0.15, 0.2) is 0 Å². The molecule has 2 aromatic heterocycles. The Morgan fingerprint density at radius 1 is 1.25 bits per heavy atom. The van der Waals surface area contributed by atoms with Crippen molar-refractivity contribution >= 4 is 5.82 Å². The first-order valence-corrected chi connectivity index (χ1v) is 5.25. The molecule has 0 aliphatic rings. The van der Waals surface area contributed by atoms with E-state index in [2.05, 4.69) is 15.5 Å². The number of pyridine rings is 1. The molecule has 2 rings (SSSR count). The molecule has 4 nitrogen and oxygen atoms in total. The van der Waals surface area contributed by atoms with Gasteiger partial charge in [-0.2, -0.15) is 0 Å². The van der Waals surface area contributed by atoms with Gasteiger partial charge in [0.2, 0.25) is 0 Å². The summed E-state index contributed by atoms with van der Waals surface area (Å²) in [4.78, 5) is 4.27. The minimum Gasteiger partial charge on any atom is -0.366 e. The maximum Gasteiger partial charge on any atom is 0.138 e. The molecule has 84 valence electrons. The molecule has 0 aliphatic heterocycles. The van der Waals surface area contributed by atoms with E-state index in [1.165, 1.54) is 0 Å². The summed E-state index contributed by atoms with van der Waals surface area (Å²) in [6.07, 6.45) is 1.84. The SMILES string of the molecule is Cc1ccc(NCc2c(C)noc2C)nc1. The molecule has 0 spiro atoms. The molecule has 2 heterocycles. The summed E-state index contributed by atoms with van der Waals surface area (Å²) in [5, 5.41) is 7.15. The Morgan fingerprint density at radius 2 is 2.06 bits per heavy atom. The Labute approximate surface area is 94.7 Å². The number of aromatic nitrogens is 2. The lowest BCUT2D eigenvalue weighted by Gasteiger charge is -2.04. The molecule has 0 bridgehead atoms. The summed E-state index contributed by atoms with van der Waals surface area (Å²) >= 11 is 0. The van der Waals surface area contributed by atoms with Crippen molar-refractivity contribution in [3.05, 3.63) is 40.9 Å². The fourth-order valence-electron chi connectivity index (χ4n) is 1.51. The van der Waals surface area contributed by atoms with Gasteiger partial charge in [-0.25, -0.2) is 4.98 Å². The van der Waals surface area contributed by atoms with Gasteiger partial charge in [-0.3, -0.25) is 0 Å². The van der Waals surface area contributed by atoms with Gasteiger partial charge in [0.25, 0.3) is 0 Å². The topological polar surface area (TPSA) is 51.0 Å². The van der Waals surface area contributed by atoms with Crippen LogP contribution in [0.2, 0.25) is 0 Å². The zero-order chi connectivity index (χ0) is 11.5. The molecule has 2 aromatic rings. The van der Waals surface area contributed by atoms with Crippen molar-refractivity contribution in [3.8, 4) is 0 Å². The number of aryl methyl sites for hydroxylation is 3. The monoisotopic (exact) mass is 217 g/mol. The molecular formula is C12H15N3O. The van der Waals surface area contributed by atoms with Crippen molar-refractivity contribution < 1.29 is 4.52 Å². The van der Waals surface area contributed by atoms with Crippen molar-refractivity contribution in [1.82, 2.24) is 10.1 Å². The molecule has 0 aliphatic carbocycles. The van der Waals surface area contributed by atoms with Crippen LogP contribution in [0.1, 0.15) is 22.6 Å². The van der Waals surface area contributed by atoms with Crippen LogP contribution in [0.3, 0.4) is 0 Å². The maximum absolute atomic E-state index is 5.09. The van der Waals surface area contributed by atoms with Crippen LogP contribution in [-0.2, 0) is 6.54 Å². The first kappa shape index (κ1) is 10.7. The van der Waals surface area contributed by atoms with Crippen molar-refractivity contribution in [2.24, 2.45) is 0 Å². The van der Waals surface area contributed by atoms with Crippen LogP contribution in [0, 0.1) is 20.8 Å². The maximum atomic E-state index is 5.09. The molecule has 0 fully saturated rings. The number of anilines is 1. The van der Waals surface area contributed by atoms with E-state index < -0.39 is 0 Å². The van der Waals surface area contributed by atoms with E-state index in [4.69, 9.17) is 4.52 Å². The zero-order valence-corrected chi connectivity index (χ0v) is 9.74. The Bertz CT molecular complexity index is 454. The van der Waals surface area contributed by atoms with Crippen molar-refractivity contribution in [2.75, 3.05) is 5.32 Å². The molecule has 0 atom stereocenters. The highest BCUT2D eigenvalue weighted by molar-refractivity contribution is 5.37. The zero-order valence-electron chi connectivity index (χ0n) is 9.74. The molecule has 0 aromatic carbocycles. The van der Waals surface area contributed by atoms with E-state index in [0.29, 0.717) is 6.54 Å². The van der Waals surface area contributed by atoms with Gasteiger partial charge in [0.05, 0.1) is 5.69 Å². The lowest BCUT2D eigenvalue weighted by Crippen LogP contribution is -2.02. The highest BCUT2D eigenvalue weighted by Gasteiger charge is 2.08. The molecule has 0 unspecified atom stereocenters. The average molecular weight is 217 g/mol. The van der Waals surface area contributed by atoms with Gasteiger partial charge < -0.3 is 9.84 Å². The lowest BCUT2D eigenvalue weighted by atomic mass is 10.2. The number of rotatable bonds is 3. The Hall–Kier alpha value is -1.84. The summed E-state index contributed by atoms with van der Waals surface area (Å²) < 4.78 is 5.09. The average Bonchev–Trinajstić information content (AvgIpc) is 2.59. The first-order chi connectivity index (χ1) is 7.66. The minimum absolute atomic E-state index is 0.692. The summed E-state index contributed by atoms with van der Waals surface area (Å²) in [6, 6.07) is 4.00. The highest BCUT2D eigenvalue weighted by atomic mass is 16.5. The fourth-order valence-corrected chi connectivity index (χ4v) is 1.51. The normalized spacial score (nSPS) is 10.4. The third kappa shape index (κ3) is 2.21. The fraction of sp³-hybridized carbons (Fsp3) is 0.333. The largest absolute Gasteiger partial charge is 0.366 e. The number of hydrogen-bond acceptors (Lipinski definition) is 4. The number of nitrogens with one attached hydrogen (secondary N) is 1. The third-order valence-corrected chi connectivity index (χ3v) is 2.54. The summed E-state index contributed by atoms with van der Waals surface area (Å²) in [5.74, 6) is 1.72. The van der Waals surface area contributed by atoms with Crippen LogP contribution in [0.4, 0.5) is 5.82 Å². The van der Waals surface area contributed by atoms with E-state index in [1.54, 1.807) is 0 Å². The lowest BCUT2D eigenvalue weighted by molar-refractivity contribution is 0.392. The predicted octanol–water partition coefficient (Wildman–Crippen LogP) is 2.61. The first-order valence-electron chi connectivity index (χ1n) is 5.25. The van der Waals surface area contributed by atoms with Crippen LogP contribution >= 0.6 is 0 Å². The standard InChI is InChI=1S/C12H15N3O/c1-8-4-5-12(13-6-8)14-7-11-9(2)15-16-10(11)3/h4-6H,7H2,1-3H3,(H,13,14). The second-order valence-corrected chi connectivity index (χ2v) is 3.88. The van der Waals surface area contributed by atoms with Gasteiger partial charge >= 0.3 is 0 Å². The quantitative estimate of drug-likeness (QED) is 0.858. The van der Waals surface area contributed by atoms with Crippen molar-refractivity contribution in [2.45, 2.75) is 27.3 Å². The van der Waals surface area contributed by atoms with Gasteiger partial charge in [0, 0.05) is 18.3 Å². The van der Waals surface area contributed by atoms with E-state index in [0.717, 1.165) is 28.4 Å². The summed E-state index contributed by atoms with van der Waals surface area (Å²) in [6.45, 7) is 6.57. The van der Waals surface area contributed by atoms with Crippen molar-refractivity contribution in [3.63, 3.8) is 0 Å². The molecule has 1 N–H and O–H groups in total. The van der Waals surface area contributed by atoms with Crippen LogP contribution < -0.4 is 5.32 Å². The second kappa shape index (κ2) is 4.35. The molecule has 16 heavy (non-hydrogen) atoms. The molecule has 0 radical (unpaired) electrons. The number of hydrogen-bond donors (Lipinski definition) is 1. The molecule has 0 amide bonds. The molecular weight excluding hydrogens is 202 g/mol. The van der Waals surface area contributed by atoms with Crippen molar-refractivity contribution in [1.29, 1.82) is 0 Å². The van der Waals surface area contributed by atoms with Gasteiger partial charge in [0.1, 0.15) is 11.6 Å². The number of nitrogens with zero attached hydrogens (tertiary/aromatic N) is 2. The summed E-state index contributed by atoms with van der Waals surface area (Å²) in [7, 11) is 0. The van der Waals surface area contributed by atoms with E-state index in [-0.39, 0.29) is 0 Å². The van der Waals surface area contributed by atoms with Crippen LogP contribution in [0.5, 0.6) is 0 Å². The van der Waals surface area contributed by atoms with Gasteiger partial charge in [-0.1, -0.05) is 11.2 Å². The molecule has 0 saturated heterocycles. The minimum atomic E-state index is 0.692. The van der Waals surface area contributed by atoms with E-state index in [1.807, 2.05) is 39.1 Å². The Kier molecular flexibility index (Phi) is 2.90. The summed E-state index contributed by atoms with van der Waals surface area (Å²) in [5.41, 5.74) is 3.18. The third-order valence-electron chi connectivity index (χ3n) is 2.54. The van der Waals surface area contributed by atoms with E-state index in [9.17, 15) is 0 Å².